The lowest BCUT2D eigenvalue weighted by atomic mass is 10.2. The van der Waals surface area contributed by atoms with Crippen LogP contribution in [0.25, 0.3) is 0 Å². The first-order valence-corrected chi connectivity index (χ1v) is 9.45. The molecule has 0 saturated carbocycles. The Balaban J connectivity index is 2.38. The van der Waals surface area contributed by atoms with Crippen LogP contribution in [-0.2, 0) is 15.7 Å². The van der Waals surface area contributed by atoms with Crippen molar-refractivity contribution < 1.29 is 12.8 Å². The summed E-state index contributed by atoms with van der Waals surface area (Å²) in [6.45, 7) is 0.527. The van der Waals surface area contributed by atoms with Crippen LogP contribution in [0.1, 0.15) is 5.56 Å². The van der Waals surface area contributed by atoms with Gasteiger partial charge >= 0.3 is 0 Å². The second kappa shape index (κ2) is 5.89. The summed E-state index contributed by atoms with van der Waals surface area (Å²) in [5.41, 5.74) is 1.02. The van der Waals surface area contributed by atoms with Crippen LogP contribution in [0, 0.1) is 5.82 Å². The van der Waals surface area contributed by atoms with Crippen LogP contribution in [0.3, 0.4) is 0 Å². The molecule has 3 nitrogen and oxygen atoms in total. The van der Waals surface area contributed by atoms with Gasteiger partial charge in [-0.05, 0) is 17.7 Å². The molecule has 1 aromatic rings. The predicted molar refractivity (Wildman–Crippen MR) is 79.3 cm³/mol. The summed E-state index contributed by atoms with van der Waals surface area (Å²) < 4.78 is 37.7. The fourth-order valence-corrected chi connectivity index (χ4v) is 5.08. The highest BCUT2D eigenvalue weighted by Crippen LogP contribution is 2.29. The summed E-state index contributed by atoms with van der Waals surface area (Å²) in [6.07, 6.45) is 1.20. The van der Waals surface area contributed by atoms with E-state index in [2.05, 4.69) is 0 Å². The molecule has 1 atom stereocenters. The van der Waals surface area contributed by atoms with E-state index >= 15 is 0 Å². The number of thioether (sulfide) groups is 1. The highest BCUT2D eigenvalue weighted by molar-refractivity contribution is 8.01. The molecule has 1 fully saturated rings. The zero-order chi connectivity index (χ0) is 14.0. The first-order chi connectivity index (χ1) is 8.93. The lowest BCUT2D eigenvalue weighted by Crippen LogP contribution is -2.47. The van der Waals surface area contributed by atoms with Crippen molar-refractivity contribution >= 4 is 38.9 Å². The van der Waals surface area contributed by atoms with Gasteiger partial charge in [0.15, 0.2) is 9.84 Å². The molecule has 0 N–H and O–H groups in total. The summed E-state index contributed by atoms with van der Waals surface area (Å²) in [7, 11) is -3.24. The quantitative estimate of drug-likeness (QED) is 0.801. The Hall–Kier alpha value is -0.460. The van der Waals surface area contributed by atoms with E-state index in [0.29, 0.717) is 23.5 Å². The van der Waals surface area contributed by atoms with E-state index in [1.54, 1.807) is 28.8 Å². The number of rotatable bonds is 3. The number of sulfone groups is 1. The normalized spacial score (nSPS) is 20.6. The van der Waals surface area contributed by atoms with Gasteiger partial charge in [0, 0.05) is 30.2 Å². The molecule has 0 radical (unpaired) electrons. The van der Waals surface area contributed by atoms with Gasteiger partial charge in [0.25, 0.3) is 0 Å². The van der Waals surface area contributed by atoms with Gasteiger partial charge < -0.3 is 4.90 Å². The van der Waals surface area contributed by atoms with Crippen LogP contribution >= 0.6 is 23.4 Å². The third kappa shape index (κ3) is 3.35. The van der Waals surface area contributed by atoms with Crippen LogP contribution in [0.2, 0.25) is 0 Å². The Bertz CT molecular complexity index is 565. The molecule has 0 spiro atoms. The molecule has 0 bridgehead atoms. The van der Waals surface area contributed by atoms with Crippen LogP contribution < -0.4 is 4.90 Å². The summed E-state index contributed by atoms with van der Waals surface area (Å²) >= 11 is 7.24. The Morgan fingerprint density at radius 1 is 1.53 bits per heavy atom. The van der Waals surface area contributed by atoms with Gasteiger partial charge in [-0.1, -0.05) is 6.07 Å². The average molecular weight is 324 g/mol. The van der Waals surface area contributed by atoms with Crippen molar-refractivity contribution in [2.45, 2.75) is 11.3 Å². The first-order valence-electron chi connectivity index (χ1n) is 5.81. The highest BCUT2D eigenvalue weighted by atomic mass is 35.5. The van der Waals surface area contributed by atoms with Gasteiger partial charge in [0.2, 0.25) is 0 Å². The predicted octanol–water partition coefficient (Wildman–Crippen LogP) is 2.49. The van der Waals surface area contributed by atoms with Gasteiger partial charge in [0.1, 0.15) is 11.2 Å². The van der Waals surface area contributed by atoms with Crippen molar-refractivity contribution in [2.24, 2.45) is 0 Å². The van der Waals surface area contributed by atoms with Crippen molar-refractivity contribution in [1.29, 1.82) is 0 Å². The molecule has 1 aromatic carbocycles. The minimum atomic E-state index is -3.24. The van der Waals surface area contributed by atoms with E-state index < -0.39 is 21.0 Å². The Morgan fingerprint density at radius 3 is 2.84 bits per heavy atom. The number of nitrogens with zero attached hydrogens (tertiary/aromatic N) is 1. The van der Waals surface area contributed by atoms with Crippen molar-refractivity contribution in [1.82, 2.24) is 0 Å². The summed E-state index contributed by atoms with van der Waals surface area (Å²) in [6, 6.07) is 4.71. The third-order valence-corrected chi connectivity index (χ3v) is 6.01. The average Bonchev–Trinajstić information content (AvgIpc) is 2.37. The second-order valence-electron chi connectivity index (χ2n) is 4.47. The maximum absolute atomic E-state index is 14.1. The van der Waals surface area contributed by atoms with E-state index in [0.717, 1.165) is 5.75 Å². The van der Waals surface area contributed by atoms with Gasteiger partial charge in [-0.15, -0.1) is 11.6 Å². The molecule has 7 heteroatoms. The first kappa shape index (κ1) is 14.9. The van der Waals surface area contributed by atoms with Crippen LogP contribution in [0.5, 0.6) is 0 Å². The van der Waals surface area contributed by atoms with Gasteiger partial charge in [0.05, 0.1) is 5.69 Å². The minimum absolute atomic E-state index is 0.239. The number of benzene rings is 1. The van der Waals surface area contributed by atoms with Crippen LogP contribution in [0.4, 0.5) is 10.1 Å². The zero-order valence-electron chi connectivity index (χ0n) is 10.5. The summed E-state index contributed by atoms with van der Waals surface area (Å²) in [5, 5.41) is -0.664. The Kier molecular flexibility index (Phi) is 4.63. The molecular formula is C12H15ClFNO2S2. The van der Waals surface area contributed by atoms with Gasteiger partial charge in [-0.3, -0.25) is 0 Å². The topological polar surface area (TPSA) is 37.4 Å². The standard InChI is InChI=1S/C12H15ClFNO2S2/c1-19(16,17)12-8-18-5-4-15(12)11-3-2-9(7-13)6-10(11)14/h2-3,6,12H,4-5,7-8H2,1H3. The molecule has 19 heavy (non-hydrogen) atoms. The van der Waals surface area contributed by atoms with E-state index in [9.17, 15) is 12.8 Å². The fourth-order valence-electron chi connectivity index (χ4n) is 2.08. The van der Waals surface area contributed by atoms with Crippen LogP contribution in [0.15, 0.2) is 18.2 Å². The third-order valence-electron chi connectivity index (χ3n) is 3.05. The Labute approximate surface area is 122 Å². The number of halogens is 2. The van der Waals surface area contributed by atoms with Crippen molar-refractivity contribution in [2.75, 3.05) is 29.2 Å². The molecular weight excluding hydrogens is 309 g/mol. The summed E-state index contributed by atoms with van der Waals surface area (Å²) in [5.74, 6) is 1.08. The SMILES string of the molecule is CS(=O)(=O)C1CSCCN1c1ccc(CCl)cc1F. The molecule has 1 aliphatic rings. The number of hydrogen-bond acceptors (Lipinski definition) is 4. The number of hydrogen-bond donors (Lipinski definition) is 0. The number of alkyl halides is 1. The second-order valence-corrected chi connectivity index (χ2v) is 8.09. The number of anilines is 1. The monoisotopic (exact) mass is 323 g/mol. The minimum Gasteiger partial charge on any atom is -0.351 e. The van der Waals surface area contributed by atoms with E-state index in [4.69, 9.17) is 11.6 Å². The largest absolute Gasteiger partial charge is 0.351 e. The smallest absolute Gasteiger partial charge is 0.169 e. The van der Waals surface area contributed by atoms with Crippen molar-refractivity contribution in [3.05, 3.63) is 29.6 Å². The van der Waals surface area contributed by atoms with Gasteiger partial charge in [-0.25, -0.2) is 12.8 Å². The molecule has 0 amide bonds. The van der Waals surface area contributed by atoms with E-state index in [-0.39, 0.29) is 5.88 Å². The van der Waals surface area contributed by atoms with Crippen molar-refractivity contribution in [3.8, 4) is 0 Å². The maximum atomic E-state index is 14.1. The molecule has 106 valence electrons. The lowest BCUT2D eigenvalue weighted by Gasteiger charge is -2.36. The molecule has 1 aliphatic heterocycles. The van der Waals surface area contributed by atoms with E-state index in [1.165, 1.54) is 12.3 Å². The van der Waals surface area contributed by atoms with E-state index in [1.807, 2.05) is 0 Å². The molecule has 1 unspecified atom stereocenters. The molecule has 1 heterocycles. The lowest BCUT2D eigenvalue weighted by molar-refractivity contribution is 0.578. The maximum Gasteiger partial charge on any atom is 0.169 e. The molecule has 2 rings (SSSR count). The molecule has 0 aliphatic carbocycles. The highest BCUT2D eigenvalue weighted by Gasteiger charge is 2.32. The van der Waals surface area contributed by atoms with Gasteiger partial charge in [-0.2, -0.15) is 11.8 Å². The van der Waals surface area contributed by atoms with Crippen LogP contribution in [-0.4, -0.2) is 38.1 Å². The molecule has 1 saturated heterocycles. The Morgan fingerprint density at radius 2 is 2.26 bits per heavy atom. The van der Waals surface area contributed by atoms with Crippen molar-refractivity contribution in [3.63, 3.8) is 0 Å². The fraction of sp³-hybridized carbons (Fsp3) is 0.500. The molecule has 0 aromatic heterocycles. The zero-order valence-corrected chi connectivity index (χ0v) is 12.9. The summed E-state index contributed by atoms with van der Waals surface area (Å²) in [4.78, 5) is 1.64.